The van der Waals surface area contributed by atoms with E-state index in [1.54, 1.807) is 12.3 Å². The summed E-state index contributed by atoms with van der Waals surface area (Å²) < 4.78 is 12.4. The number of rotatable bonds is 4. The van der Waals surface area contributed by atoms with Gasteiger partial charge in [0.2, 0.25) is 5.91 Å². The van der Waals surface area contributed by atoms with Crippen LogP contribution >= 0.6 is 11.8 Å². The number of aromatic nitrogens is 3. The Kier molecular flexibility index (Phi) is 4.26. The Morgan fingerprint density at radius 1 is 1.38 bits per heavy atom. The third-order valence-electron chi connectivity index (χ3n) is 3.26. The Bertz CT molecular complexity index is 605. The standard InChI is InChI=1S/C13H16N4O3S/c1-16-12(10-3-2-6-20-10)14-15-13(16)21-9-11(18)17-4-7-19-8-5-17/h2-3,6H,4-5,7-9H2,1H3. The number of ether oxygens (including phenoxy) is 1. The van der Waals surface area contributed by atoms with Crippen LogP contribution in [0.25, 0.3) is 11.6 Å². The van der Waals surface area contributed by atoms with Crippen LogP contribution in [-0.2, 0) is 16.6 Å². The molecule has 7 nitrogen and oxygen atoms in total. The summed E-state index contributed by atoms with van der Waals surface area (Å²) in [6.07, 6.45) is 1.60. The molecular formula is C13H16N4O3S. The van der Waals surface area contributed by atoms with Gasteiger partial charge < -0.3 is 18.6 Å². The molecule has 3 rings (SSSR count). The molecule has 112 valence electrons. The molecule has 0 atom stereocenters. The van der Waals surface area contributed by atoms with Gasteiger partial charge in [0.15, 0.2) is 16.7 Å². The molecule has 8 heteroatoms. The van der Waals surface area contributed by atoms with Gasteiger partial charge >= 0.3 is 0 Å². The van der Waals surface area contributed by atoms with Crippen molar-refractivity contribution in [3.8, 4) is 11.6 Å². The minimum Gasteiger partial charge on any atom is -0.461 e. The average Bonchev–Trinajstić information content (AvgIpc) is 3.15. The topological polar surface area (TPSA) is 73.4 Å². The molecule has 0 aromatic carbocycles. The highest BCUT2D eigenvalue weighted by molar-refractivity contribution is 7.99. The normalized spacial score (nSPS) is 15.4. The highest BCUT2D eigenvalue weighted by atomic mass is 32.2. The lowest BCUT2D eigenvalue weighted by Crippen LogP contribution is -2.41. The van der Waals surface area contributed by atoms with Crippen LogP contribution in [0.5, 0.6) is 0 Å². The number of nitrogens with zero attached hydrogens (tertiary/aromatic N) is 4. The molecule has 0 bridgehead atoms. The Balaban J connectivity index is 1.62. The first-order valence-corrected chi connectivity index (χ1v) is 7.66. The molecule has 1 saturated heterocycles. The van der Waals surface area contributed by atoms with Crippen LogP contribution in [0.3, 0.4) is 0 Å². The van der Waals surface area contributed by atoms with Crippen molar-refractivity contribution in [3.05, 3.63) is 18.4 Å². The zero-order chi connectivity index (χ0) is 14.7. The SMILES string of the molecule is Cn1c(SCC(=O)N2CCOCC2)nnc1-c1ccco1. The van der Waals surface area contributed by atoms with Gasteiger partial charge in [-0.15, -0.1) is 10.2 Å². The fraction of sp³-hybridized carbons (Fsp3) is 0.462. The molecule has 0 spiro atoms. The largest absolute Gasteiger partial charge is 0.461 e. The number of thioether (sulfide) groups is 1. The molecule has 3 heterocycles. The lowest BCUT2D eigenvalue weighted by molar-refractivity contribution is -0.132. The van der Waals surface area contributed by atoms with Gasteiger partial charge in [0, 0.05) is 20.1 Å². The fourth-order valence-corrected chi connectivity index (χ4v) is 2.91. The molecular weight excluding hydrogens is 292 g/mol. The van der Waals surface area contributed by atoms with Crippen molar-refractivity contribution >= 4 is 17.7 Å². The molecule has 0 aliphatic carbocycles. The molecule has 1 fully saturated rings. The van der Waals surface area contributed by atoms with E-state index in [-0.39, 0.29) is 5.91 Å². The van der Waals surface area contributed by atoms with Gasteiger partial charge in [-0.2, -0.15) is 0 Å². The number of amides is 1. The first kappa shape index (κ1) is 14.2. The van der Waals surface area contributed by atoms with E-state index < -0.39 is 0 Å². The van der Waals surface area contributed by atoms with E-state index >= 15 is 0 Å². The quantitative estimate of drug-likeness (QED) is 0.785. The summed E-state index contributed by atoms with van der Waals surface area (Å²) in [6.45, 7) is 2.55. The molecule has 2 aromatic rings. The van der Waals surface area contributed by atoms with E-state index in [0.29, 0.717) is 48.8 Å². The predicted molar refractivity (Wildman–Crippen MR) is 76.8 cm³/mol. The molecule has 0 N–H and O–H groups in total. The number of hydrogen-bond acceptors (Lipinski definition) is 6. The van der Waals surface area contributed by atoms with E-state index in [9.17, 15) is 4.79 Å². The second kappa shape index (κ2) is 6.31. The maximum Gasteiger partial charge on any atom is 0.233 e. The summed E-state index contributed by atoms with van der Waals surface area (Å²) >= 11 is 1.38. The number of morpholine rings is 1. The van der Waals surface area contributed by atoms with E-state index in [0.717, 1.165) is 0 Å². The molecule has 0 radical (unpaired) electrons. The Morgan fingerprint density at radius 3 is 2.90 bits per heavy atom. The minimum atomic E-state index is 0.103. The van der Waals surface area contributed by atoms with Crippen molar-refractivity contribution in [2.45, 2.75) is 5.16 Å². The van der Waals surface area contributed by atoms with Gasteiger partial charge in [0.1, 0.15) is 0 Å². The lowest BCUT2D eigenvalue weighted by atomic mass is 10.4. The average molecular weight is 308 g/mol. The molecule has 0 saturated carbocycles. The lowest BCUT2D eigenvalue weighted by Gasteiger charge is -2.26. The number of carbonyl (C=O) groups excluding carboxylic acids is 1. The van der Waals surface area contributed by atoms with E-state index in [2.05, 4.69) is 10.2 Å². The Labute approximate surface area is 126 Å². The monoisotopic (exact) mass is 308 g/mol. The van der Waals surface area contributed by atoms with Crippen LogP contribution in [0.1, 0.15) is 0 Å². The number of hydrogen-bond donors (Lipinski definition) is 0. The third-order valence-corrected chi connectivity index (χ3v) is 4.27. The number of furan rings is 1. The highest BCUT2D eigenvalue weighted by Gasteiger charge is 2.19. The second-order valence-electron chi connectivity index (χ2n) is 4.62. The van der Waals surface area contributed by atoms with Gasteiger partial charge in [-0.3, -0.25) is 4.79 Å². The molecule has 2 aromatic heterocycles. The second-order valence-corrected chi connectivity index (χ2v) is 5.57. The summed E-state index contributed by atoms with van der Waals surface area (Å²) in [5.41, 5.74) is 0. The van der Waals surface area contributed by atoms with Crippen molar-refractivity contribution in [3.63, 3.8) is 0 Å². The molecule has 1 amide bonds. The molecule has 21 heavy (non-hydrogen) atoms. The summed E-state index contributed by atoms with van der Waals surface area (Å²) in [5.74, 6) is 1.77. The smallest absolute Gasteiger partial charge is 0.233 e. The molecule has 0 unspecified atom stereocenters. The summed E-state index contributed by atoms with van der Waals surface area (Å²) in [6, 6.07) is 3.64. The van der Waals surface area contributed by atoms with Crippen LogP contribution in [0.4, 0.5) is 0 Å². The maximum absolute atomic E-state index is 12.1. The van der Waals surface area contributed by atoms with Crippen molar-refractivity contribution in [2.75, 3.05) is 32.1 Å². The van der Waals surface area contributed by atoms with Crippen molar-refractivity contribution in [1.29, 1.82) is 0 Å². The Hall–Kier alpha value is -1.80. The summed E-state index contributed by atoms with van der Waals surface area (Å²) in [7, 11) is 1.86. The Morgan fingerprint density at radius 2 is 2.19 bits per heavy atom. The zero-order valence-electron chi connectivity index (χ0n) is 11.7. The first-order valence-electron chi connectivity index (χ1n) is 6.67. The van der Waals surface area contributed by atoms with E-state index in [1.807, 2.05) is 22.6 Å². The maximum atomic E-state index is 12.1. The van der Waals surface area contributed by atoms with Crippen molar-refractivity contribution in [2.24, 2.45) is 7.05 Å². The van der Waals surface area contributed by atoms with E-state index in [4.69, 9.17) is 9.15 Å². The van der Waals surface area contributed by atoms with Crippen LogP contribution in [0.2, 0.25) is 0 Å². The third kappa shape index (κ3) is 3.11. The van der Waals surface area contributed by atoms with Crippen molar-refractivity contribution in [1.82, 2.24) is 19.7 Å². The van der Waals surface area contributed by atoms with Crippen LogP contribution in [0.15, 0.2) is 28.0 Å². The fourth-order valence-electron chi connectivity index (χ4n) is 2.09. The summed E-state index contributed by atoms with van der Waals surface area (Å²) in [5, 5.41) is 8.91. The van der Waals surface area contributed by atoms with Crippen molar-refractivity contribution < 1.29 is 13.9 Å². The first-order chi connectivity index (χ1) is 10.3. The van der Waals surface area contributed by atoms with E-state index in [1.165, 1.54) is 11.8 Å². The van der Waals surface area contributed by atoms with Gasteiger partial charge in [-0.05, 0) is 12.1 Å². The van der Waals surface area contributed by atoms with Gasteiger partial charge in [-0.25, -0.2) is 0 Å². The van der Waals surface area contributed by atoms with Crippen LogP contribution < -0.4 is 0 Å². The number of carbonyl (C=O) groups is 1. The van der Waals surface area contributed by atoms with Gasteiger partial charge in [0.25, 0.3) is 0 Å². The summed E-state index contributed by atoms with van der Waals surface area (Å²) in [4.78, 5) is 13.9. The molecule has 1 aliphatic heterocycles. The zero-order valence-corrected chi connectivity index (χ0v) is 12.5. The minimum absolute atomic E-state index is 0.103. The van der Waals surface area contributed by atoms with Gasteiger partial charge in [0.05, 0.1) is 25.2 Å². The van der Waals surface area contributed by atoms with Gasteiger partial charge in [-0.1, -0.05) is 11.8 Å². The highest BCUT2D eigenvalue weighted by Crippen LogP contribution is 2.23. The van der Waals surface area contributed by atoms with Crippen LogP contribution in [-0.4, -0.2) is 57.6 Å². The van der Waals surface area contributed by atoms with Crippen LogP contribution in [0, 0.1) is 0 Å². The molecule has 1 aliphatic rings. The predicted octanol–water partition coefficient (Wildman–Crippen LogP) is 1.03.